The molecule has 0 aromatic carbocycles. The Morgan fingerprint density at radius 3 is 2.73 bits per heavy atom. The van der Waals surface area contributed by atoms with Gasteiger partial charge in [0.15, 0.2) is 11.2 Å². The number of allylic oxidation sites excluding steroid dienone is 1. The van der Waals surface area contributed by atoms with Crippen molar-refractivity contribution in [1.29, 1.82) is 0 Å². The van der Waals surface area contributed by atoms with Crippen molar-refractivity contribution in [3.8, 4) is 0 Å². The van der Waals surface area contributed by atoms with E-state index in [1.54, 1.807) is 18.5 Å². The highest BCUT2D eigenvalue weighted by molar-refractivity contribution is 5.90. The van der Waals surface area contributed by atoms with Crippen LogP contribution in [0.2, 0.25) is 0 Å². The van der Waals surface area contributed by atoms with Gasteiger partial charge in [-0.25, -0.2) is 10.2 Å². The molecule has 1 aliphatic rings. The van der Waals surface area contributed by atoms with Gasteiger partial charge in [-0.05, 0) is 20.8 Å². The number of hydrazone groups is 1. The molecule has 0 aliphatic carbocycles. The van der Waals surface area contributed by atoms with Crippen molar-refractivity contribution in [2.75, 3.05) is 5.43 Å². The number of rotatable bonds is 2. The van der Waals surface area contributed by atoms with Crippen LogP contribution in [0.25, 0.3) is 11.2 Å². The van der Waals surface area contributed by atoms with E-state index in [1.807, 2.05) is 13.8 Å². The summed E-state index contributed by atoms with van der Waals surface area (Å²) in [5, 5.41) is 4.17. The molecule has 0 amide bonds. The van der Waals surface area contributed by atoms with Crippen LogP contribution >= 0.6 is 0 Å². The zero-order valence-electron chi connectivity index (χ0n) is 13.0. The topological polar surface area (TPSA) is 86.2 Å². The molecule has 1 atom stereocenters. The van der Waals surface area contributed by atoms with Gasteiger partial charge in [-0.2, -0.15) is 10.1 Å². The highest BCUT2D eigenvalue weighted by atomic mass is 16.2. The summed E-state index contributed by atoms with van der Waals surface area (Å²) in [7, 11) is 1.61. The molecule has 2 aromatic heterocycles. The molecule has 0 saturated heterocycles. The predicted octanol–water partition coefficient (Wildman–Crippen LogP) is 0.835. The van der Waals surface area contributed by atoms with Crippen molar-refractivity contribution in [3.63, 3.8) is 0 Å². The molecule has 3 heterocycles. The van der Waals surface area contributed by atoms with E-state index in [4.69, 9.17) is 0 Å². The molecule has 8 nitrogen and oxygen atoms in total. The van der Waals surface area contributed by atoms with E-state index in [9.17, 15) is 9.59 Å². The largest absolute Gasteiger partial charge is 0.332 e. The van der Waals surface area contributed by atoms with Crippen molar-refractivity contribution < 1.29 is 0 Å². The van der Waals surface area contributed by atoms with E-state index in [2.05, 4.69) is 22.1 Å². The number of nitrogens with one attached hydrogen (secondary N) is 1. The van der Waals surface area contributed by atoms with Crippen LogP contribution in [0.1, 0.15) is 26.8 Å². The maximum Gasteiger partial charge on any atom is 0.332 e. The van der Waals surface area contributed by atoms with Crippen molar-refractivity contribution in [3.05, 3.63) is 33.0 Å². The lowest BCUT2D eigenvalue weighted by atomic mass is 10.2. The molecule has 3 rings (SSSR count). The van der Waals surface area contributed by atoms with Gasteiger partial charge in [0, 0.05) is 7.05 Å². The Labute approximate surface area is 126 Å². The van der Waals surface area contributed by atoms with Crippen LogP contribution < -0.4 is 16.7 Å². The molecule has 1 aliphatic heterocycles. The molecule has 1 unspecified atom stereocenters. The molecular formula is C14H18N6O2. The minimum Gasteiger partial charge on any atom is -0.294 e. The summed E-state index contributed by atoms with van der Waals surface area (Å²) >= 11 is 0. The van der Waals surface area contributed by atoms with Crippen molar-refractivity contribution >= 4 is 22.8 Å². The highest BCUT2D eigenvalue weighted by Crippen LogP contribution is 2.25. The monoisotopic (exact) mass is 302 g/mol. The van der Waals surface area contributed by atoms with Crippen LogP contribution in [0, 0.1) is 0 Å². The third-order valence-electron chi connectivity index (χ3n) is 3.93. The number of hydrogen-bond acceptors (Lipinski definition) is 5. The third kappa shape index (κ3) is 1.83. The lowest BCUT2D eigenvalue weighted by Crippen LogP contribution is -2.40. The number of aromatic nitrogens is 4. The first-order chi connectivity index (χ1) is 10.3. The number of fused-ring (bicyclic) bond motifs is 3. The summed E-state index contributed by atoms with van der Waals surface area (Å²) < 4.78 is 4.36. The van der Waals surface area contributed by atoms with Gasteiger partial charge in [0.2, 0.25) is 5.95 Å². The molecule has 1 N–H and O–H groups in total. The van der Waals surface area contributed by atoms with Gasteiger partial charge < -0.3 is 0 Å². The smallest absolute Gasteiger partial charge is 0.294 e. The molecule has 2 aromatic rings. The summed E-state index contributed by atoms with van der Waals surface area (Å²) in [5.74, 6) is 0.466. The average molecular weight is 302 g/mol. The van der Waals surface area contributed by atoms with E-state index in [0.29, 0.717) is 17.1 Å². The second-order valence-corrected chi connectivity index (χ2v) is 5.71. The Morgan fingerprint density at radius 2 is 2.09 bits per heavy atom. The minimum atomic E-state index is -0.402. The van der Waals surface area contributed by atoms with Crippen LogP contribution in [0.15, 0.2) is 26.8 Å². The standard InChI is InChI=1S/C14H18N6O2/c1-7(2)6-19-12(21)10-11(18(5)14(19)22)15-13-17-16-8(3)9(4)20(10)13/h9H,1,6H2,2-5H3,(H,15,17). The molecule has 116 valence electrons. The number of nitrogens with zero attached hydrogens (tertiary/aromatic N) is 5. The van der Waals surface area contributed by atoms with Gasteiger partial charge in [0.1, 0.15) is 0 Å². The van der Waals surface area contributed by atoms with Crippen molar-refractivity contribution in [2.24, 2.45) is 12.1 Å². The van der Waals surface area contributed by atoms with Crippen LogP contribution in [0.4, 0.5) is 5.95 Å². The number of imidazole rings is 1. The summed E-state index contributed by atoms with van der Waals surface area (Å²) in [6.45, 7) is 9.57. The van der Waals surface area contributed by atoms with Crippen LogP contribution in [-0.4, -0.2) is 24.4 Å². The second kappa shape index (κ2) is 4.69. The van der Waals surface area contributed by atoms with Crippen LogP contribution in [0.3, 0.4) is 0 Å². The predicted molar refractivity (Wildman–Crippen MR) is 85.5 cm³/mol. The zero-order chi connectivity index (χ0) is 16.2. The Balaban J connectivity index is 2.43. The van der Waals surface area contributed by atoms with E-state index in [-0.39, 0.29) is 18.1 Å². The fourth-order valence-corrected chi connectivity index (χ4v) is 2.62. The quantitative estimate of drug-likeness (QED) is 0.833. The third-order valence-corrected chi connectivity index (χ3v) is 3.93. The highest BCUT2D eigenvalue weighted by Gasteiger charge is 2.26. The summed E-state index contributed by atoms with van der Waals surface area (Å²) in [5.41, 5.74) is 4.39. The van der Waals surface area contributed by atoms with Crippen LogP contribution in [0.5, 0.6) is 0 Å². The van der Waals surface area contributed by atoms with E-state index < -0.39 is 5.69 Å². The first-order valence-electron chi connectivity index (χ1n) is 6.99. The molecule has 0 bridgehead atoms. The Bertz CT molecular complexity index is 943. The molecule has 0 fully saturated rings. The normalized spacial score (nSPS) is 17.1. The summed E-state index contributed by atoms with van der Waals surface area (Å²) in [6.07, 6.45) is 0. The maximum atomic E-state index is 12.8. The molecule has 0 spiro atoms. The first-order valence-corrected chi connectivity index (χ1v) is 6.99. The lowest BCUT2D eigenvalue weighted by molar-refractivity contribution is 0.640. The van der Waals surface area contributed by atoms with Crippen LogP contribution in [-0.2, 0) is 13.6 Å². The number of anilines is 1. The number of hydrogen-bond donors (Lipinski definition) is 1. The Hall–Kier alpha value is -2.64. The van der Waals surface area contributed by atoms with Gasteiger partial charge in [-0.1, -0.05) is 12.2 Å². The molecule has 22 heavy (non-hydrogen) atoms. The fraction of sp³-hybridized carbons (Fsp3) is 0.429. The van der Waals surface area contributed by atoms with Gasteiger partial charge in [-0.15, -0.1) is 0 Å². The van der Waals surface area contributed by atoms with Gasteiger partial charge in [-0.3, -0.25) is 18.5 Å². The molecular weight excluding hydrogens is 284 g/mol. The summed E-state index contributed by atoms with van der Waals surface area (Å²) in [4.78, 5) is 29.5. The van der Waals surface area contributed by atoms with Gasteiger partial charge in [0.25, 0.3) is 5.56 Å². The van der Waals surface area contributed by atoms with Gasteiger partial charge in [0.05, 0.1) is 18.3 Å². The second-order valence-electron chi connectivity index (χ2n) is 5.71. The van der Waals surface area contributed by atoms with Crippen molar-refractivity contribution in [2.45, 2.75) is 33.4 Å². The summed E-state index contributed by atoms with van der Waals surface area (Å²) in [6, 6.07) is -0.107. The lowest BCUT2D eigenvalue weighted by Gasteiger charge is -2.21. The molecule has 0 saturated carbocycles. The minimum absolute atomic E-state index is 0.107. The van der Waals surface area contributed by atoms with Gasteiger partial charge >= 0.3 is 5.69 Å². The maximum absolute atomic E-state index is 12.8. The fourth-order valence-electron chi connectivity index (χ4n) is 2.62. The Kier molecular flexibility index (Phi) is 3.05. The zero-order valence-corrected chi connectivity index (χ0v) is 13.0. The van der Waals surface area contributed by atoms with E-state index in [0.717, 1.165) is 11.3 Å². The number of aryl methyl sites for hydroxylation is 1. The first kappa shape index (κ1) is 14.3. The SMILES string of the molecule is C=C(C)Cn1c(=O)c2c(nc3n2C(C)C(C)=NN3)n(C)c1=O. The van der Waals surface area contributed by atoms with Crippen molar-refractivity contribution in [1.82, 2.24) is 18.7 Å². The van der Waals surface area contributed by atoms with E-state index >= 15 is 0 Å². The molecule has 0 radical (unpaired) electrons. The Morgan fingerprint density at radius 1 is 1.41 bits per heavy atom. The van der Waals surface area contributed by atoms with E-state index in [1.165, 1.54) is 9.13 Å². The molecule has 8 heteroatoms. The average Bonchev–Trinajstić information content (AvgIpc) is 2.85.